The Morgan fingerprint density at radius 3 is 2.47 bits per heavy atom. The molecule has 1 atom stereocenters. The zero-order chi connectivity index (χ0) is 22.3. The van der Waals surface area contributed by atoms with Crippen LogP contribution in [-0.2, 0) is 9.47 Å². The van der Waals surface area contributed by atoms with Crippen molar-refractivity contribution >= 4 is 23.7 Å². The summed E-state index contributed by atoms with van der Waals surface area (Å²) in [6.07, 6.45) is 3.99. The Labute approximate surface area is 184 Å². The largest absolute Gasteiger partial charge is 0.493 e. The summed E-state index contributed by atoms with van der Waals surface area (Å²) in [5.74, 6) is 1.20. The van der Waals surface area contributed by atoms with E-state index in [4.69, 9.17) is 25.8 Å². The Bertz CT molecular complexity index is 723. The van der Waals surface area contributed by atoms with Crippen LogP contribution in [0.5, 0.6) is 5.75 Å². The minimum Gasteiger partial charge on any atom is -0.493 e. The standard InChI is InChI=1S/C23H34ClNO5/c1-16(15-29-18-8-9-19(20(24)14-18)21(26)28-5)6-7-17-10-12-25(13-11-17)22(27)30-23(2,3)4/h8-9,14,16-17H,6-7,10-13,15H2,1-5H3/t16-/m0/s1. The predicted molar refractivity (Wildman–Crippen MR) is 117 cm³/mol. The first-order valence-electron chi connectivity index (χ1n) is 10.6. The lowest BCUT2D eigenvalue weighted by atomic mass is 9.89. The second kappa shape index (κ2) is 10.9. The Kier molecular flexibility index (Phi) is 8.83. The molecular weight excluding hydrogens is 406 g/mol. The lowest BCUT2D eigenvalue weighted by Gasteiger charge is -2.33. The van der Waals surface area contributed by atoms with E-state index < -0.39 is 11.6 Å². The molecule has 2 rings (SSSR count). The molecular formula is C23H34ClNO5. The first-order valence-corrected chi connectivity index (χ1v) is 11.0. The van der Waals surface area contributed by atoms with Crippen molar-refractivity contribution in [2.45, 2.75) is 59.0 Å². The van der Waals surface area contributed by atoms with Gasteiger partial charge in [0.25, 0.3) is 0 Å². The van der Waals surface area contributed by atoms with E-state index in [1.165, 1.54) is 7.11 Å². The van der Waals surface area contributed by atoms with Crippen molar-refractivity contribution in [2.75, 3.05) is 26.8 Å². The van der Waals surface area contributed by atoms with E-state index >= 15 is 0 Å². The van der Waals surface area contributed by atoms with Gasteiger partial charge in [-0.3, -0.25) is 0 Å². The predicted octanol–water partition coefficient (Wildman–Crippen LogP) is 5.57. The summed E-state index contributed by atoms with van der Waals surface area (Å²) in [5, 5.41) is 0.323. The molecule has 1 fully saturated rings. The molecule has 0 saturated carbocycles. The van der Waals surface area contributed by atoms with Gasteiger partial charge < -0.3 is 19.1 Å². The van der Waals surface area contributed by atoms with Crippen LogP contribution in [-0.4, -0.2) is 49.4 Å². The molecule has 0 N–H and O–H groups in total. The van der Waals surface area contributed by atoms with Crippen molar-refractivity contribution in [3.63, 3.8) is 0 Å². The highest BCUT2D eigenvalue weighted by Crippen LogP contribution is 2.27. The number of hydrogen-bond donors (Lipinski definition) is 0. The van der Waals surface area contributed by atoms with Crippen LogP contribution in [0.1, 0.15) is 63.7 Å². The lowest BCUT2D eigenvalue weighted by Crippen LogP contribution is -2.41. The van der Waals surface area contributed by atoms with Crippen molar-refractivity contribution in [3.05, 3.63) is 28.8 Å². The summed E-state index contributed by atoms with van der Waals surface area (Å²) < 4.78 is 16.0. The highest BCUT2D eigenvalue weighted by Gasteiger charge is 2.27. The van der Waals surface area contributed by atoms with E-state index in [0.717, 1.165) is 38.8 Å². The Morgan fingerprint density at radius 1 is 1.23 bits per heavy atom. The van der Waals surface area contributed by atoms with E-state index in [-0.39, 0.29) is 6.09 Å². The van der Waals surface area contributed by atoms with E-state index in [1.54, 1.807) is 18.2 Å². The number of carbonyl (C=O) groups excluding carboxylic acids is 2. The van der Waals surface area contributed by atoms with Crippen LogP contribution < -0.4 is 4.74 Å². The maximum absolute atomic E-state index is 12.2. The number of nitrogens with zero attached hydrogens (tertiary/aromatic N) is 1. The van der Waals surface area contributed by atoms with Gasteiger partial charge in [0.15, 0.2) is 0 Å². The van der Waals surface area contributed by atoms with Gasteiger partial charge >= 0.3 is 12.1 Å². The average molecular weight is 440 g/mol. The molecule has 168 valence electrons. The fourth-order valence-corrected chi connectivity index (χ4v) is 3.68. The number of likely N-dealkylation sites (tertiary alicyclic amines) is 1. The van der Waals surface area contributed by atoms with Crippen LogP contribution in [0.4, 0.5) is 4.79 Å². The van der Waals surface area contributed by atoms with Gasteiger partial charge in [-0.2, -0.15) is 0 Å². The summed E-state index contributed by atoms with van der Waals surface area (Å²) in [4.78, 5) is 25.6. The first kappa shape index (κ1) is 24.3. The normalized spacial score (nSPS) is 16.1. The number of carbonyl (C=O) groups is 2. The number of piperidine rings is 1. The summed E-state index contributed by atoms with van der Waals surface area (Å²) in [6.45, 7) is 9.95. The van der Waals surface area contributed by atoms with Crippen LogP contribution in [0, 0.1) is 11.8 Å². The molecule has 0 bridgehead atoms. The van der Waals surface area contributed by atoms with Crippen LogP contribution in [0.3, 0.4) is 0 Å². The van der Waals surface area contributed by atoms with E-state index in [2.05, 4.69) is 6.92 Å². The summed E-state index contributed by atoms with van der Waals surface area (Å²) in [6, 6.07) is 5.00. The fourth-order valence-electron chi connectivity index (χ4n) is 3.43. The number of benzene rings is 1. The SMILES string of the molecule is COC(=O)c1ccc(OC[C@@H](C)CCC2CCN(C(=O)OC(C)(C)C)CC2)cc1Cl. The number of halogens is 1. The Balaban J connectivity index is 1.69. The van der Waals surface area contributed by atoms with E-state index in [0.29, 0.717) is 34.8 Å². The van der Waals surface area contributed by atoms with Gasteiger partial charge in [0.05, 0.1) is 24.3 Å². The highest BCUT2D eigenvalue weighted by atomic mass is 35.5. The molecule has 1 heterocycles. The van der Waals surface area contributed by atoms with Crippen molar-refractivity contribution in [1.29, 1.82) is 0 Å². The number of rotatable bonds is 7. The van der Waals surface area contributed by atoms with Gasteiger partial charge in [0, 0.05) is 13.1 Å². The third kappa shape index (κ3) is 7.71. The molecule has 6 nitrogen and oxygen atoms in total. The van der Waals surface area contributed by atoms with Crippen LogP contribution >= 0.6 is 11.6 Å². The van der Waals surface area contributed by atoms with E-state index in [9.17, 15) is 9.59 Å². The minimum absolute atomic E-state index is 0.209. The monoisotopic (exact) mass is 439 g/mol. The topological polar surface area (TPSA) is 65.1 Å². The van der Waals surface area contributed by atoms with Gasteiger partial charge in [-0.05, 0) is 76.5 Å². The summed E-state index contributed by atoms with van der Waals surface area (Å²) in [7, 11) is 1.33. The van der Waals surface area contributed by atoms with Gasteiger partial charge in [0.2, 0.25) is 0 Å². The third-order valence-electron chi connectivity index (χ3n) is 5.21. The fraction of sp³-hybridized carbons (Fsp3) is 0.652. The second-order valence-electron chi connectivity index (χ2n) is 9.04. The van der Waals surface area contributed by atoms with Gasteiger partial charge in [-0.15, -0.1) is 0 Å². The summed E-state index contributed by atoms with van der Waals surface area (Å²) >= 11 is 6.13. The molecule has 30 heavy (non-hydrogen) atoms. The number of hydrogen-bond acceptors (Lipinski definition) is 5. The van der Waals surface area contributed by atoms with Crippen molar-refractivity contribution in [3.8, 4) is 5.75 Å². The molecule has 1 aliphatic heterocycles. The number of esters is 1. The Morgan fingerprint density at radius 2 is 1.90 bits per heavy atom. The molecule has 1 aromatic carbocycles. The lowest BCUT2D eigenvalue weighted by molar-refractivity contribution is 0.0178. The maximum atomic E-state index is 12.2. The quantitative estimate of drug-likeness (QED) is 0.519. The van der Waals surface area contributed by atoms with Gasteiger partial charge in [-0.25, -0.2) is 9.59 Å². The molecule has 1 amide bonds. The van der Waals surface area contributed by atoms with Gasteiger partial charge in [-0.1, -0.05) is 18.5 Å². The number of ether oxygens (including phenoxy) is 3. The molecule has 0 radical (unpaired) electrons. The molecule has 1 saturated heterocycles. The molecule has 7 heteroatoms. The molecule has 1 aromatic rings. The van der Waals surface area contributed by atoms with Crippen molar-refractivity contribution in [1.82, 2.24) is 4.90 Å². The van der Waals surface area contributed by atoms with Crippen LogP contribution in [0.25, 0.3) is 0 Å². The third-order valence-corrected chi connectivity index (χ3v) is 5.53. The molecule has 0 aliphatic carbocycles. The average Bonchev–Trinajstić information content (AvgIpc) is 2.69. The maximum Gasteiger partial charge on any atom is 0.410 e. The van der Waals surface area contributed by atoms with Gasteiger partial charge in [0.1, 0.15) is 11.4 Å². The zero-order valence-electron chi connectivity index (χ0n) is 18.7. The molecule has 0 aromatic heterocycles. The minimum atomic E-state index is -0.461. The smallest absolute Gasteiger partial charge is 0.410 e. The van der Waals surface area contributed by atoms with Crippen molar-refractivity contribution in [2.24, 2.45) is 11.8 Å². The van der Waals surface area contributed by atoms with Crippen LogP contribution in [0.15, 0.2) is 18.2 Å². The highest BCUT2D eigenvalue weighted by molar-refractivity contribution is 6.33. The van der Waals surface area contributed by atoms with Crippen LogP contribution in [0.2, 0.25) is 5.02 Å². The second-order valence-corrected chi connectivity index (χ2v) is 9.44. The molecule has 0 unspecified atom stereocenters. The number of methoxy groups -OCH3 is 1. The molecule has 0 spiro atoms. The van der Waals surface area contributed by atoms with Crippen molar-refractivity contribution < 1.29 is 23.8 Å². The summed E-state index contributed by atoms with van der Waals surface area (Å²) in [5.41, 5.74) is -0.120. The number of amides is 1. The first-order chi connectivity index (χ1) is 14.1. The van der Waals surface area contributed by atoms with E-state index in [1.807, 2.05) is 25.7 Å². The zero-order valence-corrected chi connectivity index (χ0v) is 19.5. The molecule has 1 aliphatic rings. The Hall–Kier alpha value is -1.95.